The minimum atomic E-state index is 0.144. The van der Waals surface area contributed by atoms with Crippen LogP contribution < -0.4 is 0 Å². The summed E-state index contributed by atoms with van der Waals surface area (Å²) < 4.78 is 15.3. The second-order valence-corrected chi connectivity index (χ2v) is 2.67. The van der Waals surface area contributed by atoms with Crippen LogP contribution in [0.3, 0.4) is 0 Å². The van der Waals surface area contributed by atoms with E-state index in [0.29, 0.717) is 13.2 Å². The first kappa shape index (κ1) is 10.9. The molecule has 0 fully saturated rings. The summed E-state index contributed by atoms with van der Waals surface area (Å²) >= 11 is 0. The maximum absolute atomic E-state index is 5.48. The van der Waals surface area contributed by atoms with Crippen LogP contribution in [0.2, 0.25) is 0 Å². The van der Waals surface area contributed by atoms with Crippen molar-refractivity contribution in [2.75, 3.05) is 27.4 Å². The second kappa shape index (κ2) is 6.58. The highest BCUT2D eigenvalue weighted by Crippen LogP contribution is 1.98. The van der Waals surface area contributed by atoms with Gasteiger partial charge < -0.3 is 14.2 Å². The summed E-state index contributed by atoms with van der Waals surface area (Å²) in [6.07, 6.45) is 0.287. The molecule has 2 unspecified atom stereocenters. The Morgan fingerprint density at radius 3 is 1.55 bits per heavy atom. The van der Waals surface area contributed by atoms with Crippen LogP contribution in [0.1, 0.15) is 13.8 Å². The summed E-state index contributed by atoms with van der Waals surface area (Å²) in [5.74, 6) is 0. The minimum Gasteiger partial charge on any atom is -0.382 e. The van der Waals surface area contributed by atoms with Crippen LogP contribution in [0.4, 0.5) is 0 Å². The SMILES string of the molecule is COCC(C)OC(C)COC. The average Bonchev–Trinajstić information content (AvgIpc) is 1.87. The molecule has 0 aromatic carbocycles. The Labute approximate surface area is 68.6 Å². The Balaban J connectivity index is 3.32. The van der Waals surface area contributed by atoms with Gasteiger partial charge in [0.05, 0.1) is 25.4 Å². The molecule has 3 heteroatoms. The molecule has 0 bridgehead atoms. The van der Waals surface area contributed by atoms with Gasteiger partial charge in [0.25, 0.3) is 0 Å². The standard InChI is InChI=1S/C8H18O3/c1-7(5-9-3)11-8(2)6-10-4/h7-8H,5-6H2,1-4H3. The molecule has 0 aliphatic rings. The van der Waals surface area contributed by atoms with Crippen molar-refractivity contribution in [3.63, 3.8) is 0 Å². The Bertz CT molecular complexity index is 75.4. The smallest absolute Gasteiger partial charge is 0.0785 e. The van der Waals surface area contributed by atoms with Crippen molar-refractivity contribution < 1.29 is 14.2 Å². The van der Waals surface area contributed by atoms with E-state index in [1.54, 1.807) is 14.2 Å². The molecule has 11 heavy (non-hydrogen) atoms. The predicted molar refractivity (Wildman–Crippen MR) is 43.8 cm³/mol. The lowest BCUT2D eigenvalue weighted by molar-refractivity contribution is -0.0572. The highest BCUT2D eigenvalue weighted by molar-refractivity contribution is 4.52. The molecular formula is C8H18O3. The normalized spacial score (nSPS) is 16.4. The van der Waals surface area contributed by atoms with E-state index in [1.165, 1.54) is 0 Å². The van der Waals surface area contributed by atoms with E-state index < -0.39 is 0 Å². The number of ether oxygens (including phenoxy) is 3. The number of rotatable bonds is 6. The third-order valence-corrected chi connectivity index (χ3v) is 1.27. The zero-order valence-electron chi connectivity index (χ0n) is 7.79. The zero-order valence-corrected chi connectivity index (χ0v) is 7.79. The van der Waals surface area contributed by atoms with Crippen molar-refractivity contribution in [2.24, 2.45) is 0 Å². The lowest BCUT2D eigenvalue weighted by atomic mass is 10.4. The van der Waals surface area contributed by atoms with E-state index >= 15 is 0 Å². The van der Waals surface area contributed by atoms with Gasteiger partial charge in [-0.3, -0.25) is 0 Å². The highest BCUT2D eigenvalue weighted by Gasteiger charge is 2.06. The van der Waals surface area contributed by atoms with E-state index in [1.807, 2.05) is 13.8 Å². The number of hydrogen-bond donors (Lipinski definition) is 0. The molecule has 0 radical (unpaired) electrons. The lowest BCUT2D eigenvalue weighted by Gasteiger charge is -2.17. The van der Waals surface area contributed by atoms with Crippen LogP contribution in [0.25, 0.3) is 0 Å². The quantitative estimate of drug-likeness (QED) is 0.584. The highest BCUT2D eigenvalue weighted by atomic mass is 16.6. The van der Waals surface area contributed by atoms with Crippen LogP contribution in [0.15, 0.2) is 0 Å². The molecule has 3 nitrogen and oxygen atoms in total. The van der Waals surface area contributed by atoms with Crippen molar-refractivity contribution in [3.8, 4) is 0 Å². The molecule has 0 spiro atoms. The summed E-state index contributed by atoms with van der Waals surface area (Å²) in [6, 6.07) is 0. The first-order valence-electron chi connectivity index (χ1n) is 3.84. The maximum Gasteiger partial charge on any atom is 0.0785 e. The van der Waals surface area contributed by atoms with Crippen molar-refractivity contribution >= 4 is 0 Å². The zero-order chi connectivity index (χ0) is 8.69. The molecule has 68 valence electrons. The van der Waals surface area contributed by atoms with E-state index in [2.05, 4.69) is 0 Å². The van der Waals surface area contributed by atoms with Crippen LogP contribution in [-0.2, 0) is 14.2 Å². The van der Waals surface area contributed by atoms with E-state index in [9.17, 15) is 0 Å². The molecule has 0 amide bonds. The van der Waals surface area contributed by atoms with Gasteiger partial charge in [0.1, 0.15) is 0 Å². The fourth-order valence-electron chi connectivity index (χ4n) is 0.945. The molecule has 2 atom stereocenters. The fraction of sp³-hybridized carbons (Fsp3) is 1.00. The molecule has 0 aromatic rings. The van der Waals surface area contributed by atoms with Gasteiger partial charge in [0, 0.05) is 14.2 Å². The minimum absolute atomic E-state index is 0.144. The largest absolute Gasteiger partial charge is 0.382 e. The van der Waals surface area contributed by atoms with Gasteiger partial charge in [-0.2, -0.15) is 0 Å². The summed E-state index contributed by atoms with van der Waals surface area (Å²) in [4.78, 5) is 0. The number of hydrogen-bond acceptors (Lipinski definition) is 3. The average molecular weight is 162 g/mol. The maximum atomic E-state index is 5.48. The van der Waals surface area contributed by atoms with Crippen LogP contribution in [-0.4, -0.2) is 39.6 Å². The van der Waals surface area contributed by atoms with Gasteiger partial charge in [0.15, 0.2) is 0 Å². The van der Waals surface area contributed by atoms with Gasteiger partial charge in [-0.05, 0) is 13.8 Å². The fourth-order valence-corrected chi connectivity index (χ4v) is 0.945. The topological polar surface area (TPSA) is 27.7 Å². The van der Waals surface area contributed by atoms with Gasteiger partial charge in [0.2, 0.25) is 0 Å². The second-order valence-electron chi connectivity index (χ2n) is 2.67. The summed E-state index contributed by atoms with van der Waals surface area (Å²) in [5.41, 5.74) is 0. The Kier molecular flexibility index (Phi) is 6.51. The van der Waals surface area contributed by atoms with Gasteiger partial charge in [-0.1, -0.05) is 0 Å². The van der Waals surface area contributed by atoms with Crippen molar-refractivity contribution in [1.82, 2.24) is 0 Å². The molecule has 0 saturated heterocycles. The first-order valence-corrected chi connectivity index (χ1v) is 3.84. The molecule has 0 saturated carbocycles. The third kappa shape index (κ3) is 6.28. The number of methoxy groups -OCH3 is 2. The van der Waals surface area contributed by atoms with Crippen molar-refractivity contribution in [3.05, 3.63) is 0 Å². The summed E-state index contributed by atoms with van der Waals surface area (Å²) in [6.45, 7) is 5.23. The third-order valence-electron chi connectivity index (χ3n) is 1.27. The first-order chi connectivity index (χ1) is 5.20. The summed E-state index contributed by atoms with van der Waals surface area (Å²) in [7, 11) is 3.34. The molecule has 0 aliphatic heterocycles. The van der Waals surface area contributed by atoms with Gasteiger partial charge in [-0.15, -0.1) is 0 Å². The lowest BCUT2D eigenvalue weighted by Crippen LogP contribution is -2.24. The van der Waals surface area contributed by atoms with Crippen molar-refractivity contribution in [2.45, 2.75) is 26.1 Å². The van der Waals surface area contributed by atoms with Crippen LogP contribution in [0, 0.1) is 0 Å². The van der Waals surface area contributed by atoms with E-state index in [4.69, 9.17) is 14.2 Å². The molecule has 0 aliphatic carbocycles. The predicted octanol–water partition coefficient (Wildman–Crippen LogP) is 1.07. The van der Waals surface area contributed by atoms with E-state index in [0.717, 1.165) is 0 Å². The monoisotopic (exact) mass is 162 g/mol. The Morgan fingerprint density at radius 2 is 1.27 bits per heavy atom. The molecule has 0 aromatic heterocycles. The van der Waals surface area contributed by atoms with Crippen LogP contribution >= 0.6 is 0 Å². The summed E-state index contributed by atoms with van der Waals surface area (Å²) in [5, 5.41) is 0. The Morgan fingerprint density at radius 1 is 0.909 bits per heavy atom. The molecular weight excluding hydrogens is 144 g/mol. The molecule has 0 N–H and O–H groups in total. The van der Waals surface area contributed by atoms with Gasteiger partial charge in [-0.25, -0.2) is 0 Å². The molecule has 0 rings (SSSR count). The Hall–Kier alpha value is -0.120. The van der Waals surface area contributed by atoms with Crippen LogP contribution in [0.5, 0.6) is 0 Å². The van der Waals surface area contributed by atoms with Gasteiger partial charge >= 0.3 is 0 Å². The van der Waals surface area contributed by atoms with E-state index in [-0.39, 0.29) is 12.2 Å². The molecule has 0 heterocycles. The van der Waals surface area contributed by atoms with Crippen molar-refractivity contribution in [1.29, 1.82) is 0 Å².